The number of nitrogens with one attached hydrogen (secondary N) is 2. The van der Waals surface area contributed by atoms with Gasteiger partial charge in [0.2, 0.25) is 0 Å². The van der Waals surface area contributed by atoms with E-state index in [0.29, 0.717) is 11.3 Å². The van der Waals surface area contributed by atoms with Crippen LogP contribution in [0.15, 0.2) is 6.20 Å². The van der Waals surface area contributed by atoms with E-state index in [0.717, 1.165) is 13.1 Å². The number of imidazole rings is 1. The lowest BCUT2D eigenvalue weighted by molar-refractivity contribution is 0.441. The van der Waals surface area contributed by atoms with Crippen LogP contribution in [-0.2, 0) is 5.41 Å². The van der Waals surface area contributed by atoms with Gasteiger partial charge in [-0.2, -0.15) is 0 Å². The van der Waals surface area contributed by atoms with Gasteiger partial charge in [0, 0.05) is 23.2 Å². The molecule has 1 aromatic rings. The van der Waals surface area contributed by atoms with E-state index in [9.17, 15) is 0 Å². The SMILES string of the molecule is CC1(c2cnc(C3CCNCC3)[nH]2)CCCC1. The first kappa shape index (κ1) is 11.3. The van der Waals surface area contributed by atoms with Gasteiger partial charge in [-0.25, -0.2) is 4.98 Å². The summed E-state index contributed by atoms with van der Waals surface area (Å²) in [6.07, 6.45) is 9.94. The maximum atomic E-state index is 4.65. The molecule has 2 heterocycles. The number of rotatable bonds is 2. The maximum Gasteiger partial charge on any atom is 0.109 e. The zero-order valence-corrected chi connectivity index (χ0v) is 10.8. The largest absolute Gasteiger partial charge is 0.345 e. The molecule has 1 aliphatic heterocycles. The third-order valence-electron chi connectivity index (χ3n) is 4.68. The second-order valence-electron chi connectivity index (χ2n) is 5.97. The van der Waals surface area contributed by atoms with E-state index >= 15 is 0 Å². The number of H-pyrrole nitrogens is 1. The topological polar surface area (TPSA) is 40.7 Å². The minimum Gasteiger partial charge on any atom is -0.345 e. The highest BCUT2D eigenvalue weighted by molar-refractivity contribution is 5.17. The molecule has 3 nitrogen and oxygen atoms in total. The Hall–Kier alpha value is -0.830. The van der Waals surface area contributed by atoms with Crippen LogP contribution >= 0.6 is 0 Å². The molecule has 1 aliphatic carbocycles. The molecule has 1 aromatic heterocycles. The number of aromatic nitrogens is 2. The van der Waals surface area contributed by atoms with Gasteiger partial charge in [-0.3, -0.25) is 0 Å². The summed E-state index contributed by atoms with van der Waals surface area (Å²) in [6, 6.07) is 0. The van der Waals surface area contributed by atoms with Gasteiger partial charge in [0.15, 0.2) is 0 Å². The first-order chi connectivity index (χ1) is 8.28. The molecule has 0 amide bonds. The zero-order valence-electron chi connectivity index (χ0n) is 10.8. The summed E-state index contributed by atoms with van der Waals surface area (Å²) in [5.74, 6) is 1.88. The van der Waals surface area contributed by atoms with Crippen LogP contribution in [0.4, 0.5) is 0 Å². The molecule has 1 saturated carbocycles. The Kier molecular flexibility index (Phi) is 2.95. The molecule has 2 N–H and O–H groups in total. The Balaban J connectivity index is 1.77. The second kappa shape index (κ2) is 4.45. The van der Waals surface area contributed by atoms with Crippen molar-refractivity contribution < 1.29 is 0 Å². The Labute approximate surface area is 103 Å². The lowest BCUT2D eigenvalue weighted by atomic mass is 9.86. The highest BCUT2D eigenvalue weighted by Crippen LogP contribution is 2.40. The van der Waals surface area contributed by atoms with Crippen molar-refractivity contribution in [3.05, 3.63) is 17.7 Å². The molecule has 94 valence electrons. The minimum absolute atomic E-state index is 0.373. The molecule has 2 aliphatic rings. The van der Waals surface area contributed by atoms with Crippen molar-refractivity contribution in [2.75, 3.05) is 13.1 Å². The standard InChI is InChI=1S/C14H23N3/c1-14(6-2-3-7-14)12-10-16-13(17-12)11-4-8-15-9-5-11/h10-11,15H,2-9H2,1H3,(H,16,17). The summed E-state index contributed by atoms with van der Waals surface area (Å²) >= 11 is 0. The molecule has 0 unspecified atom stereocenters. The number of nitrogens with zero attached hydrogens (tertiary/aromatic N) is 1. The smallest absolute Gasteiger partial charge is 0.109 e. The molecule has 0 atom stereocenters. The fraction of sp³-hybridized carbons (Fsp3) is 0.786. The Bertz CT molecular complexity index is 371. The molecule has 0 bridgehead atoms. The van der Waals surface area contributed by atoms with Gasteiger partial charge < -0.3 is 10.3 Å². The molecule has 1 saturated heterocycles. The summed E-state index contributed by atoms with van der Waals surface area (Å²) in [7, 11) is 0. The summed E-state index contributed by atoms with van der Waals surface area (Å²) in [5.41, 5.74) is 1.75. The van der Waals surface area contributed by atoms with Gasteiger partial charge in [-0.05, 0) is 38.8 Å². The van der Waals surface area contributed by atoms with E-state index in [1.807, 2.05) is 0 Å². The average Bonchev–Trinajstić information content (AvgIpc) is 2.99. The van der Waals surface area contributed by atoms with E-state index in [1.165, 1.54) is 50.0 Å². The lowest BCUT2D eigenvalue weighted by Gasteiger charge is -2.23. The van der Waals surface area contributed by atoms with E-state index in [-0.39, 0.29) is 0 Å². The zero-order chi connectivity index (χ0) is 11.7. The van der Waals surface area contributed by atoms with Crippen molar-refractivity contribution in [1.29, 1.82) is 0 Å². The Morgan fingerprint density at radius 1 is 1.24 bits per heavy atom. The minimum atomic E-state index is 0.373. The molecule has 2 fully saturated rings. The van der Waals surface area contributed by atoms with E-state index < -0.39 is 0 Å². The fourth-order valence-electron chi connectivity index (χ4n) is 3.37. The van der Waals surface area contributed by atoms with Gasteiger partial charge in [0.05, 0.1) is 0 Å². The number of aromatic amines is 1. The monoisotopic (exact) mass is 233 g/mol. The average molecular weight is 233 g/mol. The van der Waals surface area contributed by atoms with Crippen LogP contribution in [0.25, 0.3) is 0 Å². The molecular formula is C14H23N3. The normalized spacial score (nSPS) is 25.2. The number of piperidine rings is 1. The molecule has 17 heavy (non-hydrogen) atoms. The summed E-state index contributed by atoms with van der Waals surface area (Å²) in [6.45, 7) is 4.66. The summed E-state index contributed by atoms with van der Waals surface area (Å²) < 4.78 is 0. The first-order valence-electron chi connectivity index (χ1n) is 7.04. The van der Waals surface area contributed by atoms with Crippen molar-refractivity contribution in [2.24, 2.45) is 0 Å². The van der Waals surface area contributed by atoms with E-state index in [4.69, 9.17) is 0 Å². The van der Waals surface area contributed by atoms with Crippen LogP contribution in [-0.4, -0.2) is 23.1 Å². The van der Waals surface area contributed by atoms with Crippen LogP contribution in [0, 0.1) is 0 Å². The van der Waals surface area contributed by atoms with Crippen LogP contribution < -0.4 is 5.32 Å². The molecule has 0 spiro atoms. The lowest BCUT2D eigenvalue weighted by Crippen LogP contribution is -2.27. The Morgan fingerprint density at radius 2 is 1.94 bits per heavy atom. The summed E-state index contributed by atoms with van der Waals surface area (Å²) in [4.78, 5) is 8.27. The molecular weight excluding hydrogens is 210 g/mol. The van der Waals surface area contributed by atoms with E-state index in [2.05, 4.69) is 28.4 Å². The van der Waals surface area contributed by atoms with Crippen molar-refractivity contribution in [2.45, 2.75) is 56.8 Å². The predicted octanol–water partition coefficient (Wildman–Crippen LogP) is 2.71. The highest BCUT2D eigenvalue weighted by Gasteiger charge is 2.32. The second-order valence-corrected chi connectivity index (χ2v) is 5.97. The number of hydrogen-bond acceptors (Lipinski definition) is 2. The van der Waals surface area contributed by atoms with Crippen molar-refractivity contribution in [3.63, 3.8) is 0 Å². The third kappa shape index (κ3) is 2.13. The van der Waals surface area contributed by atoms with Crippen LogP contribution in [0.3, 0.4) is 0 Å². The molecule has 3 rings (SSSR count). The fourth-order valence-corrected chi connectivity index (χ4v) is 3.37. The highest BCUT2D eigenvalue weighted by atomic mass is 15.0. The quantitative estimate of drug-likeness (QED) is 0.824. The van der Waals surface area contributed by atoms with Crippen molar-refractivity contribution in [3.8, 4) is 0 Å². The third-order valence-corrected chi connectivity index (χ3v) is 4.68. The number of hydrogen-bond donors (Lipinski definition) is 2. The van der Waals surface area contributed by atoms with Crippen LogP contribution in [0.1, 0.15) is 62.9 Å². The summed E-state index contributed by atoms with van der Waals surface area (Å²) in [5, 5.41) is 3.41. The maximum absolute atomic E-state index is 4.65. The molecule has 0 aromatic carbocycles. The first-order valence-corrected chi connectivity index (χ1v) is 7.04. The van der Waals surface area contributed by atoms with Crippen LogP contribution in [0.2, 0.25) is 0 Å². The molecule has 3 heteroatoms. The molecule has 0 radical (unpaired) electrons. The van der Waals surface area contributed by atoms with Gasteiger partial charge in [0.1, 0.15) is 5.82 Å². The van der Waals surface area contributed by atoms with E-state index in [1.54, 1.807) is 0 Å². The van der Waals surface area contributed by atoms with Crippen molar-refractivity contribution in [1.82, 2.24) is 15.3 Å². The van der Waals surface area contributed by atoms with Crippen LogP contribution in [0.5, 0.6) is 0 Å². The van der Waals surface area contributed by atoms with Gasteiger partial charge in [0.25, 0.3) is 0 Å². The Morgan fingerprint density at radius 3 is 2.65 bits per heavy atom. The van der Waals surface area contributed by atoms with Gasteiger partial charge in [-0.15, -0.1) is 0 Å². The van der Waals surface area contributed by atoms with Gasteiger partial charge >= 0.3 is 0 Å². The van der Waals surface area contributed by atoms with Gasteiger partial charge in [-0.1, -0.05) is 19.8 Å². The van der Waals surface area contributed by atoms with Crippen molar-refractivity contribution >= 4 is 0 Å². The predicted molar refractivity (Wildman–Crippen MR) is 69.3 cm³/mol.